The smallest absolute Gasteiger partial charge is 0.311 e. The predicted molar refractivity (Wildman–Crippen MR) is 91.2 cm³/mol. The molecule has 126 valence electrons. The Labute approximate surface area is 141 Å². The molecule has 2 atom stereocenters. The van der Waals surface area contributed by atoms with Gasteiger partial charge in [0, 0.05) is 36.0 Å². The van der Waals surface area contributed by atoms with Crippen molar-refractivity contribution in [2.45, 2.75) is 37.8 Å². The second-order valence-corrected chi connectivity index (χ2v) is 6.68. The number of aromatic nitrogens is 1. The molecule has 0 saturated carbocycles. The summed E-state index contributed by atoms with van der Waals surface area (Å²) in [6, 6.07) is 9.31. The molecule has 24 heavy (non-hydrogen) atoms. The van der Waals surface area contributed by atoms with Crippen molar-refractivity contribution in [1.82, 2.24) is 10.3 Å². The number of nitro benzene ring substituents is 1. The van der Waals surface area contributed by atoms with E-state index in [0.717, 1.165) is 12.0 Å². The molecule has 2 heterocycles. The summed E-state index contributed by atoms with van der Waals surface area (Å²) < 4.78 is 5.09. The van der Waals surface area contributed by atoms with Crippen molar-refractivity contribution < 1.29 is 9.66 Å². The summed E-state index contributed by atoms with van der Waals surface area (Å²) in [4.78, 5) is 14.9. The van der Waals surface area contributed by atoms with Gasteiger partial charge in [0.15, 0.2) is 5.75 Å². The van der Waals surface area contributed by atoms with Gasteiger partial charge in [-0.1, -0.05) is 6.07 Å². The molecule has 1 N–H and O–H groups in total. The van der Waals surface area contributed by atoms with E-state index in [-0.39, 0.29) is 23.0 Å². The van der Waals surface area contributed by atoms with E-state index in [1.54, 1.807) is 24.5 Å². The van der Waals surface area contributed by atoms with E-state index >= 15 is 0 Å². The van der Waals surface area contributed by atoms with E-state index in [4.69, 9.17) is 4.74 Å². The van der Waals surface area contributed by atoms with Gasteiger partial charge in [0.1, 0.15) is 0 Å². The lowest BCUT2D eigenvalue weighted by molar-refractivity contribution is -0.385. The molecule has 1 aliphatic heterocycles. The Morgan fingerprint density at radius 3 is 2.58 bits per heavy atom. The number of ether oxygens (including phenoxy) is 1. The molecule has 6 heteroatoms. The zero-order valence-corrected chi connectivity index (χ0v) is 14.0. The first kappa shape index (κ1) is 16.4. The van der Waals surface area contributed by atoms with Gasteiger partial charge in [-0.15, -0.1) is 0 Å². The maximum Gasteiger partial charge on any atom is 0.311 e. The van der Waals surface area contributed by atoms with Crippen LogP contribution >= 0.6 is 0 Å². The van der Waals surface area contributed by atoms with Crippen molar-refractivity contribution >= 4 is 5.69 Å². The van der Waals surface area contributed by atoms with Crippen molar-refractivity contribution in [3.63, 3.8) is 0 Å². The summed E-state index contributed by atoms with van der Waals surface area (Å²) in [5.74, 6) is 0.596. The first-order valence-corrected chi connectivity index (χ1v) is 7.92. The maximum absolute atomic E-state index is 11.3. The van der Waals surface area contributed by atoms with Crippen LogP contribution in [0.25, 0.3) is 0 Å². The molecular weight excluding hydrogens is 306 g/mol. The molecule has 0 bridgehead atoms. The third kappa shape index (κ3) is 2.97. The standard InChI is InChI=1S/C18H21N3O3/c1-18(2)14(12-6-8-19-9-7-12)11-15(20-18)13-4-5-17(24-3)16(10-13)21(22)23/h4-10,14-15,20H,11H2,1-3H3/t14-,15+/m0/s1. The summed E-state index contributed by atoms with van der Waals surface area (Å²) in [6.45, 7) is 4.33. The van der Waals surface area contributed by atoms with Crippen LogP contribution in [-0.4, -0.2) is 22.6 Å². The fourth-order valence-corrected chi connectivity index (χ4v) is 3.57. The first-order valence-electron chi connectivity index (χ1n) is 7.92. The Morgan fingerprint density at radius 2 is 1.96 bits per heavy atom. The van der Waals surface area contributed by atoms with Crippen LogP contribution in [-0.2, 0) is 0 Å². The topological polar surface area (TPSA) is 77.3 Å². The van der Waals surface area contributed by atoms with E-state index in [9.17, 15) is 10.1 Å². The van der Waals surface area contributed by atoms with Gasteiger partial charge in [-0.05, 0) is 49.6 Å². The van der Waals surface area contributed by atoms with Crippen LogP contribution in [0.4, 0.5) is 5.69 Å². The summed E-state index contributed by atoms with van der Waals surface area (Å²) in [5.41, 5.74) is 2.03. The quantitative estimate of drug-likeness (QED) is 0.686. The summed E-state index contributed by atoms with van der Waals surface area (Å²) in [6.07, 6.45) is 4.48. The van der Waals surface area contributed by atoms with Gasteiger partial charge >= 0.3 is 5.69 Å². The van der Waals surface area contributed by atoms with E-state index in [2.05, 4.69) is 24.1 Å². The van der Waals surface area contributed by atoms with Gasteiger partial charge in [0.25, 0.3) is 0 Å². The number of hydrogen-bond acceptors (Lipinski definition) is 5. The van der Waals surface area contributed by atoms with E-state index in [1.165, 1.54) is 12.7 Å². The van der Waals surface area contributed by atoms with Gasteiger partial charge in [-0.2, -0.15) is 0 Å². The van der Waals surface area contributed by atoms with Crippen LogP contribution in [0.2, 0.25) is 0 Å². The summed E-state index contributed by atoms with van der Waals surface area (Å²) in [7, 11) is 1.44. The third-order valence-corrected chi connectivity index (χ3v) is 4.80. The van der Waals surface area contributed by atoms with E-state index < -0.39 is 4.92 Å². The number of pyridine rings is 1. The highest BCUT2D eigenvalue weighted by molar-refractivity contribution is 5.49. The van der Waals surface area contributed by atoms with Gasteiger partial charge in [-0.3, -0.25) is 15.1 Å². The van der Waals surface area contributed by atoms with Crippen molar-refractivity contribution in [2.75, 3.05) is 7.11 Å². The Bertz CT molecular complexity index is 746. The van der Waals surface area contributed by atoms with Crippen LogP contribution in [0.5, 0.6) is 5.75 Å². The fourth-order valence-electron chi connectivity index (χ4n) is 3.57. The minimum absolute atomic E-state index is 0.00182. The highest BCUT2D eigenvalue weighted by atomic mass is 16.6. The van der Waals surface area contributed by atoms with Crippen molar-refractivity contribution in [1.29, 1.82) is 0 Å². The maximum atomic E-state index is 11.3. The highest BCUT2D eigenvalue weighted by Gasteiger charge is 2.41. The van der Waals surface area contributed by atoms with Gasteiger partial charge in [0.05, 0.1) is 12.0 Å². The number of hydrogen-bond donors (Lipinski definition) is 1. The van der Waals surface area contributed by atoms with Gasteiger partial charge < -0.3 is 10.1 Å². The zero-order chi connectivity index (χ0) is 17.3. The molecule has 1 aliphatic rings. The van der Waals surface area contributed by atoms with E-state index in [0.29, 0.717) is 5.92 Å². The monoisotopic (exact) mass is 327 g/mol. The Hall–Kier alpha value is -2.47. The zero-order valence-electron chi connectivity index (χ0n) is 14.0. The molecule has 1 aromatic heterocycles. The minimum atomic E-state index is -0.400. The molecule has 2 aromatic rings. The molecule has 0 spiro atoms. The number of nitro groups is 1. The second kappa shape index (κ2) is 6.20. The van der Waals surface area contributed by atoms with Crippen LogP contribution in [0.1, 0.15) is 43.4 Å². The third-order valence-electron chi connectivity index (χ3n) is 4.80. The molecule has 1 aromatic carbocycles. The first-order chi connectivity index (χ1) is 11.4. The summed E-state index contributed by atoms with van der Waals surface area (Å²) in [5, 5.41) is 14.9. The van der Waals surface area contributed by atoms with Crippen molar-refractivity contribution in [2.24, 2.45) is 0 Å². The average molecular weight is 327 g/mol. The van der Waals surface area contributed by atoms with Crippen LogP contribution in [0.15, 0.2) is 42.7 Å². The Kier molecular flexibility index (Phi) is 4.24. The van der Waals surface area contributed by atoms with Crippen molar-refractivity contribution in [3.05, 3.63) is 64.0 Å². The molecule has 0 unspecified atom stereocenters. The normalized spacial score (nSPS) is 22.3. The molecule has 6 nitrogen and oxygen atoms in total. The van der Waals surface area contributed by atoms with Gasteiger partial charge in [0.2, 0.25) is 0 Å². The summed E-state index contributed by atoms with van der Waals surface area (Å²) >= 11 is 0. The second-order valence-electron chi connectivity index (χ2n) is 6.68. The van der Waals surface area contributed by atoms with E-state index in [1.807, 2.05) is 18.2 Å². The Morgan fingerprint density at radius 1 is 1.25 bits per heavy atom. The molecule has 0 aliphatic carbocycles. The number of benzene rings is 1. The van der Waals surface area contributed by atoms with Gasteiger partial charge in [-0.25, -0.2) is 0 Å². The number of rotatable bonds is 4. The molecule has 0 amide bonds. The van der Waals surface area contributed by atoms with Crippen molar-refractivity contribution in [3.8, 4) is 5.75 Å². The molecule has 1 saturated heterocycles. The number of nitrogens with one attached hydrogen (secondary N) is 1. The lowest BCUT2D eigenvalue weighted by Crippen LogP contribution is -2.37. The molecular formula is C18H21N3O3. The number of methoxy groups -OCH3 is 1. The Balaban J connectivity index is 1.92. The molecule has 1 fully saturated rings. The predicted octanol–water partition coefficient (Wildman–Crippen LogP) is 3.60. The largest absolute Gasteiger partial charge is 0.490 e. The molecule has 0 radical (unpaired) electrons. The lowest BCUT2D eigenvalue weighted by Gasteiger charge is -2.27. The molecule has 3 rings (SSSR count). The highest BCUT2D eigenvalue weighted by Crippen LogP contribution is 2.44. The fraction of sp³-hybridized carbons (Fsp3) is 0.389. The SMILES string of the molecule is COc1ccc([C@H]2C[C@@H](c3ccncc3)C(C)(C)N2)cc1[N+](=O)[O-]. The van der Waals surface area contributed by atoms with Crippen LogP contribution < -0.4 is 10.1 Å². The van der Waals surface area contributed by atoms with Crippen LogP contribution in [0.3, 0.4) is 0 Å². The average Bonchev–Trinajstić information content (AvgIpc) is 2.90. The number of nitrogens with zero attached hydrogens (tertiary/aromatic N) is 2. The minimum Gasteiger partial charge on any atom is -0.490 e. The van der Waals surface area contributed by atoms with Crippen LogP contribution in [0, 0.1) is 10.1 Å². The lowest BCUT2D eigenvalue weighted by atomic mass is 9.83.